The third-order valence-electron chi connectivity index (χ3n) is 2.94. The highest BCUT2D eigenvalue weighted by Gasteiger charge is 2.21. The fourth-order valence-corrected chi connectivity index (χ4v) is 2.40. The number of hydrogen-bond donors (Lipinski definition) is 0. The van der Waals surface area contributed by atoms with Gasteiger partial charge in [-0.05, 0) is 19.8 Å². The van der Waals surface area contributed by atoms with E-state index in [0.29, 0.717) is 0 Å². The van der Waals surface area contributed by atoms with Gasteiger partial charge in [-0.15, -0.1) is 11.6 Å². The van der Waals surface area contributed by atoms with Crippen LogP contribution in [0.2, 0.25) is 0 Å². The van der Waals surface area contributed by atoms with Gasteiger partial charge in [0.15, 0.2) is 0 Å². The molecule has 1 aliphatic carbocycles. The molecule has 1 rings (SSSR count). The number of hydrogen-bond acceptors (Lipinski definition) is 2. The molecular weight excluding hydrogens is 198 g/mol. The Morgan fingerprint density at radius 3 is 2.57 bits per heavy atom. The second kappa shape index (κ2) is 7.49. The lowest BCUT2D eigenvalue weighted by Gasteiger charge is -2.27. The average molecular weight is 220 g/mol. The van der Waals surface area contributed by atoms with Crippen molar-refractivity contribution in [1.82, 2.24) is 4.90 Å². The molecule has 84 valence electrons. The fourth-order valence-electron chi connectivity index (χ4n) is 2.18. The van der Waals surface area contributed by atoms with Crippen molar-refractivity contribution in [2.24, 2.45) is 0 Å². The summed E-state index contributed by atoms with van der Waals surface area (Å²) in [5.41, 5.74) is 0. The average Bonchev–Trinajstić information content (AvgIpc) is 2.70. The summed E-state index contributed by atoms with van der Waals surface area (Å²) in [4.78, 5) is 2.50. The molecule has 2 nitrogen and oxygen atoms in total. The van der Waals surface area contributed by atoms with Crippen LogP contribution in [0.15, 0.2) is 0 Å². The molecule has 14 heavy (non-hydrogen) atoms. The van der Waals surface area contributed by atoms with Crippen molar-refractivity contribution >= 4 is 11.6 Å². The Morgan fingerprint density at radius 1 is 1.29 bits per heavy atom. The van der Waals surface area contributed by atoms with E-state index in [1.165, 1.54) is 25.7 Å². The van der Waals surface area contributed by atoms with E-state index in [1.807, 2.05) is 6.92 Å². The van der Waals surface area contributed by atoms with Gasteiger partial charge in [0, 0.05) is 31.6 Å². The second-order valence-electron chi connectivity index (χ2n) is 3.86. The van der Waals surface area contributed by atoms with Crippen molar-refractivity contribution in [2.75, 3.05) is 32.2 Å². The summed E-state index contributed by atoms with van der Waals surface area (Å²) < 4.78 is 5.39. The van der Waals surface area contributed by atoms with E-state index in [-0.39, 0.29) is 0 Å². The van der Waals surface area contributed by atoms with Gasteiger partial charge < -0.3 is 4.74 Å². The van der Waals surface area contributed by atoms with Gasteiger partial charge in [-0.1, -0.05) is 12.8 Å². The fraction of sp³-hybridized carbons (Fsp3) is 1.00. The summed E-state index contributed by atoms with van der Waals surface area (Å²) in [6.07, 6.45) is 5.47. The lowest BCUT2D eigenvalue weighted by atomic mass is 10.2. The molecule has 0 aromatic rings. The van der Waals surface area contributed by atoms with Crippen LogP contribution < -0.4 is 0 Å². The Kier molecular flexibility index (Phi) is 6.57. The van der Waals surface area contributed by atoms with Crippen molar-refractivity contribution in [3.8, 4) is 0 Å². The summed E-state index contributed by atoms with van der Waals surface area (Å²) in [5.74, 6) is 0.739. The van der Waals surface area contributed by atoms with E-state index in [4.69, 9.17) is 16.3 Å². The van der Waals surface area contributed by atoms with Crippen LogP contribution in [0.25, 0.3) is 0 Å². The highest BCUT2D eigenvalue weighted by Crippen LogP contribution is 2.23. The maximum Gasteiger partial charge on any atom is 0.0593 e. The molecule has 0 N–H and O–H groups in total. The molecule has 0 bridgehead atoms. The van der Waals surface area contributed by atoms with E-state index in [0.717, 1.165) is 38.2 Å². The second-order valence-corrected chi connectivity index (χ2v) is 4.24. The third-order valence-corrected chi connectivity index (χ3v) is 3.11. The minimum absolute atomic E-state index is 0.739. The summed E-state index contributed by atoms with van der Waals surface area (Å²) in [5, 5.41) is 0. The minimum atomic E-state index is 0.739. The van der Waals surface area contributed by atoms with Crippen molar-refractivity contribution in [3.05, 3.63) is 0 Å². The maximum absolute atomic E-state index is 5.81. The van der Waals surface area contributed by atoms with E-state index in [1.54, 1.807) is 0 Å². The summed E-state index contributed by atoms with van der Waals surface area (Å²) in [7, 11) is 0. The molecule has 1 aliphatic rings. The van der Waals surface area contributed by atoms with Gasteiger partial charge in [0.1, 0.15) is 0 Å². The zero-order valence-corrected chi connectivity index (χ0v) is 9.93. The van der Waals surface area contributed by atoms with Gasteiger partial charge in [0.2, 0.25) is 0 Å². The monoisotopic (exact) mass is 219 g/mol. The van der Waals surface area contributed by atoms with Gasteiger partial charge in [0.25, 0.3) is 0 Å². The molecule has 1 saturated carbocycles. The van der Waals surface area contributed by atoms with Crippen LogP contribution in [-0.4, -0.2) is 43.1 Å². The molecule has 0 amide bonds. The third kappa shape index (κ3) is 4.16. The zero-order chi connectivity index (χ0) is 10.2. The molecule has 0 heterocycles. The molecule has 0 spiro atoms. The SMILES string of the molecule is CCOCCN(CCCl)C1CCCC1. The number of halogens is 1. The van der Waals surface area contributed by atoms with Crippen LogP contribution >= 0.6 is 11.6 Å². The maximum atomic E-state index is 5.81. The van der Waals surface area contributed by atoms with Crippen LogP contribution in [0.5, 0.6) is 0 Å². The van der Waals surface area contributed by atoms with Gasteiger partial charge in [-0.3, -0.25) is 4.90 Å². The molecule has 0 aliphatic heterocycles. The Hall–Kier alpha value is 0.210. The first kappa shape index (κ1) is 12.3. The lowest BCUT2D eigenvalue weighted by Crippen LogP contribution is -2.37. The lowest BCUT2D eigenvalue weighted by molar-refractivity contribution is 0.0981. The predicted molar refractivity (Wildman–Crippen MR) is 61.0 cm³/mol. The van der Waals surface area contributed by atoms with E-state index < -0.39 is 0 Å². The largest absolute Gasteiger partial charge is 0.380 e. The Morgan fingerprint density at radius 2 is 2.00 bits per heavy atom. The Balaban J connectivity index is 2.22. The first-order valence-electron chi connectivity index (χ1n) is 5.76. The smallest absolute Gasteiger partial charge is 0.0593 e. The van der Waals surface area contributed by atoms with Gasteiger partial charge in [-0.25, -0.2) is 0 Å². The van der Waals surface area contributed by atoms with Crippen LogP contribution in [0.1, 0.15) is 32.6 Å². The molecule has 0 unspecified atom stereocenters. The molecule has 0 aromatic heterocycles. The van der Waals surface area contributed by atoms with E-state index >= 15 is 0 Å². The number of nitrogens with zero attached hydrogens (tertiary/aromatic N) is 1. The van der Waals surface area contributed by atoms with E-state index in [2.05, 4.69) is 4.90 Å². The standard InChI is InChI=1S/C11H22ClNO/c1-2-14-10-9-13(8-7-12)11-5-3-4-6-11/h11H,2-10H2,1H3. The number of ether oxygens (including phenoxy) is 1. The molecule has 0 atom stereocenters. The zero-order valence-electron chi connectivity index (χ0n) is 9.17. The highest BCUT2D eigenvalue weighted by atomic mass is 35.5. The molecule has 0 aromatic carbocycles. The first-order chi connectivity index (χ1) is 6.88. The predicted octanol–water partition coefficient (Wildman–Crippen LogP) is 2.51. The molecule has 0 saturated heterocycles. The van der Waals surface area contributed by atoms with E-state index in [9.17, 15) is 0 Å². The Bertz CT molecular complexity index is 137. The molecule has 0 radical (unpaired) electrons. The van der Waals surface area contributed by atoms with Crippen LogP contribution in [0.4, 0.5) is 0 Å². The van der Waals surface area contributed by atoms with Gasteiger partial charge in [-0.2, -0.15) is 0 Å². The normalized spacial score (nSPS) is 18.2. The number of alkyl halides is 1. The first-order valence-corrected chi connectivity index (χ1v) is 6.29. The van der Waals surface area contributed by atoms with Crippen molar-refractivity contribution < 1.29 is 4.74 Å². The summed E-state index contributed by atoms with van der Waals surface area (Å²) >= 11 is 5.81. The Labute approximate surface area is 92.6 Å². The van der Waals surface area contributed by atoms with Crippen molar-refractivity contribution in [1.29, 1.82) is 0 Å². The van der Waals surface area contributed by atoms with Crippen LogP contribution in [0, 0.1) is 0 Å². The molecule has 1 fully saturated rings. The van der Waals surface area contributed by atoms with Gasteiger partial charge in [0.05, 0.1) is 6.61 Å². The minimum Gasteiger partial charge on any atom is -0.380 e. The van der Waals surface area contributed by atoms with Crippen molar-refractivity contribution in [2.45, 2.75) is 38.6 Å². The summed E-state index contributed by atoms with van der Waals surface area (Å²) in [6, 6.07) is 0.772. The highest BCUT2D eigenvalue weighted by molar-refractivity contribution is 6.18. The van der Waals surface area contributed by atoms with Crippen LogP contribution in [0.3, 0.4) is 0 Å². The number of rotatable bonds is 7. The van der Waals surface area contributed by atoms with Crippen LogP contribution in [-0.2, 0) is 4.74 Å². The quantitative estimate of drug-likeness (QED) is 0.482. The molecule has 3 heteroatoms. The molecular formula is C11H22ClNO. The topological polar surface area (TPSA) is 12.5 Å². The van der Waals surface area contributed by atoms with Crippen molar-refractivity contribution in [3.63, 3.8) is 0 Å². The van der Waals surface area contributed by atoms with Gasteiger partial charge >= 0.3 is 0 Å². The summed E-state index contributed by atoms with van der Waals surface area (Å²) in [6.45, 7) is 5.77.